The lowest BCUT2D eigenvalue weighted by molar-refractivity contribution is 0.610. The molecule has 0 unspecified atom stereocenters. The van der Waals surface area contributed by atoms with Crippen LogP contribution in [0.5, 0.6) is 0 Å². The zero-order valence-corrected chi connectivity index (χ0v) is 11.0. The SMILES string of the molecule is O=S(=O)(Cl)c1ccc(I)c2ncccc12. The van der Waals surface area contributed by atoms with Gasteiger partial charge in [-0.25, -0.2) is 8.42 Å². The van der Waals surface area contributed by atoms with Crippen molar-refractivity contribution in [3.05, 3.63) is 34.0 Å². The topological polar surface area (TPSA) is 47.0 Å². The summed E-state index contributed by atoms with van der Waals surface area (Å²) in [6, 6.07) is 6.56. The molecule has 2 rings (SSSR count). The smallest absolute Gasteiger partial charge is 0.255 e. The maximum absolute atomic E-state index is 11.3. The highest BCUT2D eigenvalue weighted by Crippen LogP contribution is 2.27. The highest BCUT2D eigenvalue weighted by atomic mass is 127. The Hall–Kier alpha value is -0.400. The fraction of sp³-hybridized carbons (Fsp3) is 0. The first-order valence-electron chi connectivity index (χ1n) is 3.98. The number of pyridine rings is 1. The zero-order valence-electron chi connectivity index (χ0n) is 7.31. The third-order valence-corrected chi connectivity index (χ3v) is 4.19. The number of benzene rings is 1. The van der Waals surface area contributed by atoms with E-state index in [1.807, 2.05) is 0 Å². The molecule has 0 aliphatic carbocycles. The van der Waals surface area contributed by atoms with Crippen molar-refractivity contribution in [2.75, 3.05) is 0 Å². The minimum atomic E-state index is -3.72. The Morgan fingerprint density at radius 3 is 2.67 bits per heavy atom. The second-order valence-electron chi connectivity index (χ2n) is 2.88. The van der Waals surface area contributed by atoms with Gasteiger partial charge < -0.3 is 0 Å². The van der Waals surface area contributed by atoms with Crippen LogP contribution in [0.3, 0.4) is 0 Å². The van der Waals surface area contributed by atoms with Crippen molar-refractivity contribution in [2.24, 2.45) is 0 Å². The normalized spacial score (nSPS) is 11.9. The summed E-state index contributed by atoms with van der Waals surface area (Å²) < 4.78 is 23.5. The Kier molecular flexibility index (Phi) is 2.87. The molecule has 0 N–H and O–H groups in total. The van der Waals surface area contributed by atoms with E-state index < -0.39 is 9.05 Å². The maximum Gasteiger partial charge on any atom is 0.261 e. The lowest BCUT2D eigenvalue weighted by Crippen LogP contribution is -1.94. The van der Waals surface area contributed by atoms with Crippen LogP contribution >= 0.6 is 33.3 Å². The van der Waals surface area contributed by atoms with Crippen LogP contribution in [-0.2, 0) is 9.05 Å². The second-order valence-corrected chi connectivity index (χ2v) is 6.58. The number of rotatable bonds is 1. The average molecular weight is 354 g/mol. The fourth-order valence-electron chi connectivity index (χ4n) is 1.32. The molecular formula is C9H5ClINO2S. The van der Waals surface area contributed by atoms with Crippen LogP contribution in [0, 0.1) is 3.57 Å². The Balaban J connectivity index is 2.96. The Morgan fingerprint density at radius 2 is 2.00 bits per heavy atom. The predicted molar refractivity (Wildman–Crippen MR) is 67.5 cm³/mol. The minimum Gasteiger partial charge on any atom is -0.255 e. The van der Waals surface area contributed by atoms with E-state index >= 15 is 0 Å². The summed E-state index contributed by atoms with van der Waals surface area (Å²) in [4.78, 5) is 4.23. The third-order valence-electron chi connectivity index (χ3n) is 1.94. The summed E-state index contributed by atoms with van der Waals surface area (Å²) in [5, 5.41) is 0.555. The van der Waals surface area contributed by atoms with E-state index in [0.717, 1.165) is 3.57 Å². The van der Waals surface area contributed by atoms with E-state index in [1.165, 1.54) is 6.07 Å². The molecule has 0 bridgehead atoms. The molecule has 6 heteroatoms. The molecule has 0 saturated heterocycles. The van der Waals surface area contributed by atoms with Gasteiger partial charge in [-0.15, -0.1) is 0 Å². The van der Waals surface area contributed by atoms with Gasteiger partial charge in [0.2, 0.25) is 0 Å². The highest BCUT2D eigenvalue weighted by molar-refractivity contribution is 14.1. The molecule has 0 atom stereocenters. The largest absolute Gasteiger partial charge is 0.261 e. The Labute approximate surface area is 105 Å². The summed E-state index contributed by atoms with van der Waals surface area (Å²) in [6.07, 6.45) is 1.62. The minimum absolute atomic E-state index is 0.104. The summed E-state index contributed by atoms with van der Waals surface area (Å²) >= 11 is 2.10. The van der Waals surface area contributed by atoms with Crippen molar-refractivity contribution in [3.63, 3.8) is 0 Å². The van der Waals surface area contributed by atoms with Crippen LogP contribution < -0.4 is 0 Å². The molecular weight excluding hydrogens is 349 g/mol. The van der Waals surface area contributed by atoms with Gasteiger partial charge in [-0.05, 0) is 46.9 Å². The quantitative estimate of drug-likeness (QED) is 0.585. The first kappa shape index (κ1) is 11.1. The van der Waals surface area contributed by atoms with E-state index in [4.69, 9.17) is 10.7 Å². The van der Waals surface area contributed by atoms with Crippen molar-refractivity contribution in [1.82, 2.24) is 4.98 Å². The van der Waals surface area contributed by atoms with E-state index in [1.54, 1.807) is 24.4 Å². The van der Waals surface area contributed by atoms with E-state index in [-0.39, 0.29) is 4.90 Å². The molecule has 1 aromatic carbocycles. The highest BCUT2D eigenvalue weighted by Gasteiger charge is 2.15. The number of nitrogens with zero attached hydrogens (tertiary/aromatic N) is 1. The monoisotopic (exact) mass is 353 g/mol. The van der Waals surface area contributed by atoms with Gasteiger partial charge in [0.05, 0.1) is 10.4 Å². The molecule has 0 radical (unpaired) electrons. The van der Waals surface area contributed by atoms with Gasteiger partial charge in [-0.3, -0.25) is 4.98 Å². The van der Waals surface area contributed by atoms with Crippen molar-refractivity contribution < 1.29 is 8.42 Å². The Morgan fingerprint density at radius 1 is 1.27 bits per heavy atom. The summed E-state index contributed by atoms with van der Waals surface area (Å²) in [7, 11) is 1.61. The van der Waals surface area contributed by atoms with Crippen LogP contribution in [0.15, 0.2) is 35.4 Å². The molecule has 1 heterocycles. The van der Waals surface area contributed by atoms with Gasteiger partial charge in [-0.2, -0.15) is 0 Å². The van der Waals surface area contributed by atoms with Crippen molar-refractivity contribution in [2.45, 2.75) is 4.90 Å². The van der Waals surface area contributed by atoms with Gasteiger partial charge >= 0.3 is 0 Å². The Bertz CT molecular complexity index is 627. The summed E-state index contributed by atoms with van der Waals surface area (Å²) in [5.74, 6) is 0. The molecule has 0 amide bonds. The predicted octanol–water partition coefficient (Wildman–Crippen LogP) is 2.77. The standard InChI is InChI=1S/C9H5ClINO2S/c10-15(13,14)8-4-3-7(11)9-6(8)2-1-5-12-9/h1-5H. The van der Waals surface area contributed by atoms with Gasteiger partial charge in [0, 0.05) is 25.8 Å². The zero-order chi connectivity index (χ0) is 11.1. The first-order valence-corrected chi connectivity index (χ1v) is 7.37. The number of hydrogen-bond acceptors (Lipinski definition) is 3. The van der Waals surface area contributed by atoms with Gasteiger partial charge in [0.15, 0.2) is 0 Å². The van der Waals surface area contributed by atoms with Crippen LogP contribution in [0.25, 0.3) is 10.9 Å². The molecule has 2 aromatic rings. The number of halogens is 2. The molecule has 3 nitrogen and oxygen atoms in total. The molecule has 0 spiro atoms. The van der Waals surface area contributed by atoms with Crippen LogP contribution in [-0.4, -0.2) is 13.4 Å². The van der Waals surface area contributed by atoms with Gasteiger partial charge in [0.1, 0.15) is 0 Å². The van der Waals surface area contributed by atoms with E-state index in [9.17, 15) is 8.42 Å². The summed E-state index contributed by atoms with van der Waals surface area (Å²) in [6.45, 7) is 0. The van der Waals surface area contributed by atoms with Crippen molar-refractivity contribution in [3.8, 4) is 0 Å². The third kappa shape index (κ3) is 2.09. The molecule has 0 saturated carbocycles. The number of fused-ring (bicyclic) bond motifs is 1. The van der Waals surface area contributed by atoms with E-state index in [0.29, 0.717) is 10.9 Å². The average Bonchev–Trinajstić information content (AvgIpc) is 2.17. The molecule has 0 aliphatic rings. The molecule has 78 valence electrons. The van der Waals surface area contributed by atoms with Crippen LogP contribution in [0.2, 0.25) is 0 Å². The second kappa shape index (κ2) is 3.88. The molecule has 15 heavy (non-hydrogen) atoms. The number of aromatic nitrogens is 1. The lowest BCUT2D eigenvalue weighted by atomic mass is 10.2. The molecule has 0 aliphatic heterocycles. The number of hydrogen-bond donors (Lipinski definition) is 0. The molecule has 1 aromatic heterocycles. The van der Waals surface area contributed by atoms with E-state index in [2.05, 4.69) is 27.6 Å². The lowest BCUT2D eigenvalue weighted by Gasteiger charge is -2.03. The summed E-state index contributed by atoms with van der Waals surface area (Å²) in [5.41, 5.74) is 0.653. The van der Waals surface area contributed by atoms with Crippen LogP contribution in [0.4, 0.5) is 0 Å². The van der Waals surface area contributed by atoms with Crippen molar-refractivity contribution in [1.29, 1.82) is 0 Å². The van der Waals surface area contributed by atoms with Crippen molar-refractivity contribution >= 4 is 53.2 Å². The first-order chi connectivity index (χ1) is 7.00. The fourth-order valence-corrected chi connectivity index (χ4v) is 3.00. The maximum atomic E-state index is 11.3. The van der Waals surface area contributed by atoms with Gasteiger partial charge in [0.25, 0.3) is 9.05 Å². The molecule has 0 fully saturated rings. The van der Waals surface area contributed by atoms with Crippen LogP contribution in [0.1, 0.15) is 0 Å². The van der Waals surface area contributed by atoms with Gasteiger partial charge in [-0.1, -0.05) is 0 Å².